The molecule has 8 heteroatoms. The number of nitrogens with zero attached hydrogens (tertiary/aromatic N) is 2. The number of hydrogen-bond donors (Lipinski definition) is 3. The quantitative estimate of drug-likeness (QED) is 0.600. The third-order valence-corrected chi connectivity index (χ3v) is 2.81. The summed E-state index contributed by atoms with van der Waals surface area (Å²) in [7, 11) is 0. The summed E-state index contributed by atoms with van der Waals surface area (Å²) in [5.74, 6) is 0.0613. The summed E-state index contributed by atoms with van der Waals surface area (Å²) < 4.78 is 0. The molecule has 0 spiro atoms. The summed E-state index contributed by atoms with van der Waals surface area (Å²) in [6.45, 7) is 1.69. The third-order valence-electron chi connectivity index (χ3n) is 2.30. The number of aromatic amines is 1. The predicted molar refractivity (Wildman–Crippen MR) is 78.9 cm³/mol. The molecule has 20 heavy (non-hydrogen) atoms. The van der Waals surface area contributed by atoms with Crippen molar-refractivity contribution in [3.05, 3.63) is 49.9 Å². The van der Waals surface area contributed by atoms with E-state index >= 15 is 0 Å². The third kappa shape index (κ3) is 3.49. The molecule has 1 aromatic heterocycles. The molecule has 1 heterocycles. The van der Waals surface area contributed by atoms with Crippen molar-refractivity contribution < 1.29 is 5.11 Å². The standard InChI is InChI=1S/C12H10Cl2N4O2/c1-6-2-10(19)17-12(16-6)18-15-5-7-3-8(13)4-9(14)11(7)20/h2-5,20H,1H3,(H2,16,17,18,19). The molecule has 0 atom stereocenters. The van der Waals surface area contributed by atoms with E-state index in [4.69, 9.17) is 23.2 Å². The summed E-state index contributed by atoms with van der Waals surface area (Å²) in [6.07, 6.45) is 1.31. The van der Waals surface area contributed by atoms with Gasteiger partial charge in [-0.05, 0) is 19.1 Å². The van der Waals surface area contributed by atoms with E-state index in [-0.39, 0.29) is 22.3 Å². The van der Waals surface area contributed by atoms with Crippen molar-refractivity contribution in [3.8, 4) is 5.75 Å². The average molecular weight is 313 g/mol. The van der Waals surface area contributed by atoms with Crippen LogP contribution in [-0.4, -0.2) is 21.3 Å². The highest BCUT2D eigenvalue weighted by Crippen LogP contribution is 2.29. The second-order valence-corrected chi connectivity index (χ2v) is 4.77. The number of hydrogen-bond acceptors (Lipinski definition) is 5. The van der Waals surface area contributed by atoms with Gasteiger partial charge in [-0.1, -0.05) is 23.2 Å². The van der Waals surface area contributed by atoms with E-state index in [2.05, 4.69) is 20.5 Å². The van der Waals surface area contributed by atoms with Crippen molar-refractivity contribution in [2.24, 2.45) is 5.10 Å². The molecule has 2 rings (SSSR count). The number of halogens is 2. The number of phenolic OH excluding ortho intramolecular Hbond substituents is 1. The van der Waals surface area contributed by atoms with E-state index < -0.39 is 0 Å². The van der Waals surface area contributed by atoms with Crippen LogP contribution < -0.4 is 11.0 Å². The monoisotopic (exact) mass is 312 g/mol. The molecule has 6 nitrogen and oxygen atoms in total. The molecule has 104 valence electrons. The lowest BCUT2D eigenvalue weighted by molar-refractivity contribution is 0.475. The minimum absolute atomic E-state index is 0.126. The van der Waals surface area contributed by atoms with Gasteiger partial charge < -0.3 is 5.11 Å². The van der Waals surface area contributed by atoms with Gasteiger partial charge in [-0.15, -0.1) is 0 Å². The van der Waals surface area contributed by atoms with Crippen LogP contribution in [-0.2, 0) is 0 Å². The van der Waals surface area contributed by atoms with Crippen LogP contribution in [0.25, 0.3) is 0 Å². The maximum atomic E-state index is 11.2. The molecular formula is C12H10Cl2N4O2. The van der Waals surface area contributed by atoms with Gasteiger partial charge in [0.25, 0.3) is 5.56 Å². The average Bonchev–Trinajstić information content (AvgIpc) is 2.34. The van der Waals surface area contributed by atoms with Crippen LogP contribution in [0.1, 0.15) is 11.3 Å². The van der Waals surface area contributed by atoms with Gasteiger partial charge >= 0.3 is 0 Å². The fraction of sp³-hybridized carbons (Fsp3) is 0.0833. The smallest absolute Gasteiger partial charge is 0.252 e. The molecule has 1 aromatic carbocycles. The Morgan fingerprint density at radius 2 is 2.15 bits per heavy atom. The van der Waals surface area contributed by atoms with Crippen molar-refractivity contribution in [2.45, 2.75) is 6.92 Å². The summed E-state index contributed by atoms with van der Waals surface area (Å²) in [5, 5.41) is 14.1. The van der Waals surface area contributed by atoms with Gasteiger partial charge in [-0.25, -0.2) is 10.4 Å². The molecule has 2 aromatic rings. The molecule has 0 saturated heterocycles. The molecule has 0 bridgehead atoms. The first-order valence-corrected chi connectivity index (χ1v) is 6.26. The van der Waals surface area contributed by atoms with E-state index in [1.54, 1.807) is 6.92 Å². The van der Waals surface area contributed by atoms with E-state index in [1.807, 2.05) is 0 Å². The van der Waals surface area contributed by atoms with Crippen molar-refractivity contribution in [2.75, 3.05) is 5.43 Å². The van der Waals surface area contributed by atoms with Gasteiger partial charge in [-0.2, -0.15) is 5.10 Å². The Morgan fingerprint density at radius 3 is 2.85 bits per heavy atom. The predicted octanol–water partition coefficient (Wildman–Crippen LogP) is 2.54. The zero-order valence-electron chi connectivity index (χ0n) is 10.3. The minimum Gasteiger partial charge on any atom is -0.506 e. The molecule has 0 aliphatic carbocycles. The normalized spacial score (nSPS) is 10.9. The van der Waals surface area contributed by atoms with Crippen LogP contribution in [0.4, 0.5) is 5.95 Å². The van der Waals surface area contributed by atoms with Crippen molar-refractivity contribution >= 4 is 35.4 Å². The van der Waals surface area contributed by atoms with Gasteiger partial charge in [0.2, 0.25) is 5.95 Å². The van der Waals surface area contributed by atoms with Crippen LogP contribution in [0.5, 0.6) is 5.75 Å². The molecule has 0 aliphatic heterocycles. The second-order valence-electron chi connectivity index (χ2n) is 3.93. The summed E-state index contributed by atoms with van der Waals surface area (Å²) in [4.78, 5) is 17.7. The molecule has 0 aliphatic rings. The number of rotatable bonds is 3. The number of phenols is 1. The molecule has 0 radical (unpaired) electrons. The van der Waals surface area contributed by atoms with Crippen LogP contribution in [0, 0.1) is 6.92 Å². The van der Waals surface area contributed by atoms with E-state index in [0.717, 1.165) is 0 Å². The Labute approximate surface area is 124 Å². The highest BCUT2D eigenvalue weighted by Gasteiger charge is 2.05. The first-order valence-electron chi connectivity index (χ1n) is 5.51. The van der Waals surface area contributed by atoms with Crippen LogP contribution in [0.2, 0.25) is 10.0 Å². The first-order chi connectivity index (χ1) is 9.45. The lowest BCUT2D eigenvalue weighted by atomic mass is 10.2. The molecule has 0 saturated carbocycles. The highest BCUT2D eigenvalue weighted by atomic mass is 35.5. The molecule has 0 amide bonds. The first kappa shape index (κ1) is 14.4. The Kier molecular flexibility index (Phi) is 4.26. The van der Waals surface area contributed by atoms with Gasteiger partial charge in [-0.3, -0.25) is 9.78 Å². The Bertz CT molecular complexity index is 728. The Hall–Kier alpha value is -2.05. The lowest BCUT2D eigenvalue weighted by Crippen LogP contribution is -2.10. The number of benzene rings is 1. The molecule has 3 N–H and O–H groups in total. The topological polar surface area (TPSA) is 90.4 Å². The highest BCUT2D eigenvalue weighted by molar-refractivity contribution is 6.36. The zero-order chi connectivity index (χ0) is 14.7. The minimum atomic E-state index is -0.288. The number of aromatic hydroxyl groups is 1. The Morgan fingerprint density at radius 1 is 1.40 bits per heavy atom. The number of H-pyrrole nitrogens is 1. The summed E-state index contributed by atoms with van der Waals surface area (Å²) in [6, 6.07) is 4.28. The SMILES string of the molecule is Cc1cc(=O)[nH]c(NN=Cc2cc(Cl)cc(Cl)c2O)n1. The zero-order valence-corrected chi connectivity index (χ0v) is 11.8. The van der Waals surface area contributed by atoms with Crippen molar-refractivity contribution in [1.82, 2.24) is 9.97 Å². The number of aromatic nitrogens is 2. The van der Waals surface area contributed by atoms with E-state index in [1.165, 1.54) is 24.4 Å². The summed E-state index contributed by atoms with van der Waals surface area (Å²) >= 11 is 11.6. The molecule has 0 unspecified atom stereocenters. The van der Waals surface area contributed by atoms with Gasteiger partial charge in [0.15, 0.2) is 0 Å². The number of aryl methyl sites for hydroxylation is 1. The lowest BCUT2D eigenvalue weighted by Gasteiger charge is -2.03. The van der Waals surface area contributed by atoms with Gasteiger partial charge in [0.05, 0.1) is 11.2 Å². The van der Waals surface area contributed by atoms with Gasteiger partial charge in [0.1, 0.15) is 5.75 Å². The maximum Gasteiger partial charge on any atom is 0.252 e. The van der Waals surface area contributed by atoms with Gasteiger partial charge in [0, 0.05) is 22.3 Å². The number of anilines is 1. The number of nitrogens with one attached hydrogen (secondary N) is 2. The van der Waals surface area contributed by atoms with Crippen LogP contribution >= 0.6 is 23.2 Å². The van der Waals surface area contributed by atoms with Crippen LogP contribution in [0.3, 0.4) is 0 Å². The largest absolute Gasteiger partial charge is 0.506 e. The number of hydrazone groups is 1. The summed E-state index contributed by atoms with van der Waals surface area (Å²) in [5.41, 5.74) is 3.15. The maximum absolute atomic E-state index is 11.2. The van der Waals surface area contributed by atoms with Crippen molar-refractivity contribution in [3.63, 3.8) is 0 Å². The van der Waals surface area contributed by atoms with E-state index in [9.17, 15) is 9.90 Å². The molecular weight excluding hydrogens is 303 g/mol. The second kappa shape index (κ2) is 5.94. The van der Waals surface area contributed by atoms with Crippen LogP contribution in [0.15, 0.2) is 28.1 Å². The van der Waals surface area contributed by atoms with E-state index in [0.29, 0.717) is 16.3 Å². The molecule has 0 fully saturated rings. The van der Waals surface area contributed by atoms with Crippen molar-refractivity contribution in [1.29, 1.82) is 0 Å². The fourth-order valence-electron chi connectivity index (χ4n) is 1.48. The Balaban J connectivity index is 2.20. The fourth-order valence-corrected chi connectivity index (χ4v) is 1.99.